The molecule has 0 aliphatic rings. The van der Waals surface area contributed by atoms with E-state index in [1.807, 2.05) is 32.9 Å². The largest absolute Gasteiger partial charge is 0.462 e. The molecule has 1 amide bonds. The normalized spacial score (nSPS) is 11.0. The van der Waals surface area contributed by atoms with Gasteiger partial charge < -0.3 is 14.5 Å². The van der Waals surface area contributed by atoms with Gasteiger partial charge in [-0.3, -0.25) is 4.79 Å². The fraction of sp³-hybridized carbons (Fsp3) is 0.304. The summed E-state index contributed by atoms with van der Waals surface area (Å²) in [5, 5.41) is 3.77. The number of esters is 1. The minimum atomic E-state index is -0.369. The zero-order valence-corrected chi connectivity index (χ0v) is 16.7. The lowest BCUT2D eigenvalue weighted by molar-refractivity contribution is 0.0459. The van der Waals surface area contributed by atoms with Gasteiger partial charge >= 0.3 is 5.97 Å². The van der Waals surface area contributed by atoms with Crippen molar-refractivity contribution in [2.75, 3.05) is 11.9 Å². The molecule has 0 fully saturated rings. The van der Waals surface area contributed by atoms with Crippen molar-refractivity contribution in [2.45, 2.75) is 34.1 Å². The highest BCUT2D eigenvalue weighted by Gasteiger charge is 2.18. The van der Waals surface area contributed by atoms with Crippen molar-refractivity contribution in [1.29, 1.82) is 0 Å². The summed E-state index contributed by atoms with van der Waals surface area (Å²) in [5.74, 6) is -0.111. The molecule has 2 aromatic carbocycles. The quantitative estimate of drug-likeness (QED) is 0.585. The molecule has 5 heteroatoms. The lowest BCUT2D eigenvalue weighted by Gasteiger charge is -2.08. The first-order chi connectivity index (χ1) is 13.4. The zero-order chi connectivity index (χ0) is 20.3. The monoisotopic (exact) mass is 379 g/mol. The summed E-state index contributed by atoms with van der Waals surface area (Å²) in [6.45, 7) is 8.31. The Kier molecular flexibility index (Phi) is 5.83. The van der Waals surface area contributed by atoms with Crippen LogP contribution in [-0.2, 0) is 11.2 Å². The smallest absolute Gasteiger partial charge is 0.338 e. The summed E-state index contributed by atoms with van der Waals surface area (Å²) in [5.41, 5.74) is 3.74. The van der Waals surface area contributed by atoms with Gasteiger partial charge in [0.2, 0.25) is 0 Å². The number of carbonyl (C=O) groups excluding carboxylic acids is 2. The lowest BCUT2D eigenvalue weighted by Crippen LogP contribution is -2.13. The van der Waals surface area contributed by atoms with E-state index in [1.165, 1.54) is 5.56 Å². The van der Waals surface area contributed by atoms with Gasteiger partial charge in [-0.25, -0.2) is 4.79 Å². The van der Waals surface area contributed by atoms with E-state index >= 15 is 0 Å². The number of hydrogen-bond donors (Lipinski definition) is 1. The predicted molar refractivity (Wildman–Crippen MR) is 110 cm³/mol. The van der Waals surface area contributed by atoms with E-state index in [0.29, 0.717) is 29.2 Å². The molecule has 28 heavy (non-hydrogen) atoms. The molecule has 0 aliphatic heterocycles. The van der Waals surface area contributed by atoms with Gasteiger partial charge in [0, 0.05) is 16.6 Å². The molecule has 1 heterocycles. The maximum absolute atomic E-state index is 12.7. The molecule has 0 radical (unpaired) electrons. The molecule has 0 unspecified atom stereocenters. The first-order valence-corrected chi connectivity index (χ1v) is 9.49. The molecule has 0 spiro atoms. The van der Waals surface area contributed by atoms with Crippen LogP contribution >= 0.6 is 0 Å². The van der Waals surface area contributed by atoms with Gasteiger partial charge in [0.25, 0.3) is 5.91 Å². The molecule has 0 saturated heterocycles. The standard InChI is InChI=1S/C23H25NO4/c1-5-16-6-11-20-19(12-16)15(4)21(28-20)22(25)24-18-9-7-17(8-10-18)23(26)27-13-14(2)3/h6-12,14H,5,13H2,1-4H3,(H,24,25). The van der Waals surface area contributed by atoms with E-state index in [4.69, 9.17) is 9.15 Å². The molecule has 3 rings (SSSR count). The van der Waals surface area contributed by atoms with Crippen molar-refractivity contribution in [3.8, 4) is 0 Å². The van der Waals surface area contributed by atoms with E-state index in [9.17, 15) is 9.59 Å². The van der Waals surface area contributed by atoms with Crippen LogP contribution in [0, 0.1) is 12.8 Å². The Balaban J connectivity index is 1.73. The second-order valence-corrected chi connectivity index (χ2v) is 7.26. The number of rotatable bonds is 6. The molecule has 1 aromatic heterocycles. The van der Waals surface area contributed by atoms with Gasteiger partial charge in [0.15, 0.2) is 5.76 Å². The van der Waals surface area contributed by atoms with Crippen molar-refractivity contribution in [3.05, 3.63) is 64.9 Å². The molecule has 146 valence electrons. The van der Waals surface area contributed by atoms with Crippen LogP contribution in [0.25, 0.3) is 11.0 Å². The Morgan fingerprint density at radius 2 is 1.82 bits per heavy atom. The first kappa shape index (κ1) is 19.7. The second kappa shape index (κ2) is 8.30. The molecule has 3 aromatic rings. The molecule has 0 aliphatic carbocycles. The summed E-state index contributed by atoms with van der Waals surface area (Å²) in [4.78, 5) is 24.6. The van der Waals surface area contributed by atoms with Gasteiger partial charge in [-0.05, 0) is 61.2 Å². The maximum atomic E-state index is 12.7. The van der Waals surface area contributed by atoms with Crippen molar-refractivity contribution in [1.82, 2.24) is 0 Å². The minimum Gasteiger partial charge on any atom is -0.462 e. The van der Waals surface area contributed by atoms with Crippen LogP contribution in [0.4, 0.5) is 5.69 Å². The van der Waals surface area contributed by atoms with Crippen LogP contribution in [0.1, 0.15) is 52.8 Å². The molecular weight excluding hydrogens is 354 g/mol. The topological polar surface area (TPSA) is 68.5 Å². The summed E-state index contributed by atoms with van der Waals surface area (Å²) < 4.78 is 11.0. The Morgan fingerprint density at radius 3 is 2.46 bits per heavy atom. The summed E-state index contributed by atoms with van der Waals surface area (Å²) in [7, 11) is 0. The van der Waals surface area contributed by atoms with Crippen molar-refractivity contribution in [2.24, 2.45) is 5.92 Å². The number of carbonyl (C=O) groups is 2. The highest BCUT2D eigenvalue weighted by Crippen LogP contribution is 2.27. The molecule has 5 nitrogen and oxygen atoms in total. The molecular formula is C23H25NO4. The number of anilines is 1. The van der Waals surface area contributed by atoms with E-state index in [-0.39, 0.29) is 17.8 Å². The number of nitrogens with one attached hydrogen (secondary N) is 1. The van der Waals surface area contributed by atoms with Crippen molar-refractivity contribution < 1.29 is 18.7 Å². The number of furan rings is 1. The fourth-order valence-corrected chi connectivity index (χ4v) is 2.91. The molecule has 1 N–H and O–H groups in total. The van der Waals surface area contributed by atoms with Gasteiger partial charge in [-0.15, -0.1) is 0 Å². The Hall–Kier alpha value is -3.08. The predicted octanol–water partition coefficient (Wildman–Crippen LogP) is 5.37. The number of amides is 1. The van der Waals surface area contributed by atoms with Gasteiger partial charge in [0.1, 0.15) is 5.58 Å². The zero-order valence-electron chi connectivity index (χ0n) is 16.7. The van der Waals surface area contributed by atoms with Crippen LogP contribution in [-0.4, -0.2) is 18.5 Å². The number of benzene rings is 2. The third kappa shape index (κ3) is 4.25. The van der Waals surface area contributed by atoms with Crippen molar-refractivity contribution in [3.63, 3.8) is 0 Å². The lowest BCUT2D eigenvalue weighted by atomic mass is 10.1. The van der Waals surface area contributed by atoms with Crippen LogP contribution in [0.2, 0.25) is 0 Å². The first-order valence-electron chi connectivity index (χ1n) is 9.49. The van der Waals surface area contributed by atoms with Gasteiger partial charge in [-0.1, -0.05) is 26.8 Å². The van der Waals surface area contributed by atoms with E-state index in [2.05, 4.69) is 18.3 Å². The highest BCUT2D eigenvalue weighted by molar-refractivity contribution is 6.06. The Morgan fingerprint density at radius 1 is 1.11 bits per heavy atom. The molecule has 0 atom stereocenters. The average molecular weight is 379 g/mol. The summed E-state index contributed by atoms with van der Waals surface area (Å²) in [6, 6.07) is 12.6. The fourth-order valence-electron chi connectivity index (χ4n) is 2.91. The summed E-state index contributed by atoms with van der Waals surface area (Å²) >= 11 is 0. The SMILES string of the molecule is CCc1ccc2oc(C(=O)Nc3ccc(C(=O)OCC(C)C)cc3)c(C)c2c1. The minimum absolute atomic E-state index is 0.281. The van der Waals surface area contributed by atoms with Gasteiger partial charge in [-0.2, -0.15) is 0 Å². The number of aryl methyl sites for hydroxylation is 2. The van der Waals surface area contributed by atoms with Crippen molar-refractivity contribution >= 4 is 28.5 Å². The molecule has 0 bridgehead atoms. The van der Waals surface area contributed by atoms with Crippen LogP contribution < -0.4 is 5.32 Å². The Bertz CT molecular complexity index is 999. The van der Waals surface area contributed by atoms with Crippen LogP contribution in [0.15, 0.2) is 46.9 Å². The van der Waals surface area contributed by atoms with Gasteiger partial charge in [0.05, 0.1) is 12.2 Å². The molecule has 0 saturated carbocycles. The third-order valence-electron chi connectivity index (χ3n) is 4.54. The van der Waals surface area contributed by atoms with E-state index < -0.39 is 0 Å². The average Bonchev–Trinajstić information content (AvgIpc) is 3.02. The Labute approximate surface area is 164 Å². The third-order valence-corrected chi connectivity index (χ3v) is 4.54. The van der Waals surface area contributed by atoms with Crippen LogP contribution in [0.5, 0.6) is 0 Å². The number of fused-ring (bicyclic) bond motifs is 1. The maximum Gasteiger partial charge on any atom is 0.338 e. The number of ether oxygens (including phenoxy) is 1. The summed E-state index contributed by atoms with van der Waals surface area (Å²) in [6.07, 6.45) is 0.925. The number of hydrogen-bond acceptors (Lipinski definition) is 4. The van der Waals surface area contributed by atoms with E-state index in [0.717, 1.165) is 17.4 Å². The highest BCUT2D eigenvalue weighted by atomic mass is 16.5. The van der Waals surface area contributed by atoms with Crippen LogP contribution in [0.3, 0.4) is 0 Å². The van der Waals surface area contributed by atoms with E-state index in [1.54, 1.807) is 24.3 Å². The second-order valence-electron chi connectivity index (χ2n) is 7.26.